The predicted molar refractivity (Wildman–Crippen MR) is 69.6 cm³/mol. The monoisotopic (exact) mass is 243 g/mol. The van der Waals surface area contributed by atoms with Gasteiger partial charge in [0.25, 0.3) is 0 Å². The van der Waals surface area contributed by atoms with Gasteiger partial charge in [-0.15, -0.1) is 0 Å². The van der Waals surface area contributed by atoms with Crippen LogP contribution in [0.2, 0.25) is 0 Å². The van der Waals surface area contributed by atoms with Crippen LogP contribution in [-0.2, 0) is 9.47 Å². The summed E-state index contributed by atoms with van der Waals surface area (Å²) >= 11 is 0. The number of hydrogen-bond donors (Lipinski definition) is 2. The Morgan fingerprint density at radius 3 is 2.94 bits per heavy atom. The molecule has 0 bridgehead atoms. The van der Waals surface area contributed by atoms with Crippen LogP contribution >= 0.6 is 0 Å². The summed E-state index contributed by atoms with van der Waals surface area (Å²) < 4.78 is 10.3. The molecule has 0 saturated carbocycles. The fraction of sp³-hybridized carbons (Fsp3) is 0.692. The van der Waals surface area contributed by atoms with E-state index in [1.165, 1.54) is 6.26 Å². The van der Waals surface area contributed by atoms with Crippen LogP contribution in [0.4, 0.5) is 0 Å². The number of ether oxygens (including phenoxy) is 2. The Labute approximate surface area is 104 Å². The van der Waals surface area contributed by atoms with E-state index in [0.717, 1.165) is 18.5 Å². The van der Waals surface area contributed by atoms with Crippen molar-refractivity contribution in [2.24, 2.45) is 0 Å². The molecule has 0 radical (unpaired) electrons. The van der Waals surface area contributed by atoms with E-state index in [4.69, 9.17) is 9.47 Å². The van der Waals surface area contributed by atoms with Crippen LogP contribution in [-0.4, -0.2) is 37.5 Å². The first kappa shape index (κ1) is 16.2. The van der Waals surface area contributed by atoms with Crippen LogP contribution in [0.15, 0.2) is 24.7 Å². The number of hydrogen-bond acceptors (Lipinski definition) is 4. The highest BCUT2D eigenvalue weighted by atomic mass is 16.5. The number of nitrogens with one attached hydrogen (secondary N) is 1. The van der Waals surface area contributed by atoms with E-state index >= 15 is 0 Å². The minimum Gasteiger partial charge on any atom is -0.473 e. The standard InChI is InChI=1S/C13H25NO3/c1-4-7-14-9-13(15)6-8-17-11-12(3)10-16-5-2/h5,10,13-15H,2,4,6-9,11H2,1,3H3/b12-10+. The molecule has 17 heavy (non-hydrogen) atoms. The fourth-order valence-electron chi connectivity index (χ4n) is 1.20. The Bertz CT molecular complexity index is 217. The lowest BCUT2D eigenvalue weighted by atomic mass is 10.2. The topological polar surface area (TPSA) is 50.7 Å². The molecular weight excluding hydrogens is 218 g/mol. The number of aliphatic hydroxyl groups excluding tert-OH is 1. The highest BCUT2D eigenvalue weighted by Gasteiger charge is 2.02. The van der Waals surface area contributed by atoms with Crippen molar-refractivity contribution in [3.05, 3.63) is 24.7 Å². The molecule has 100 valence electrons. The lowest BCUT2D eigenvalue weighted by Crippen LogP contribution is -2.28. The summed E-state index contributed by atoms with van der Waals surface area (Å²) in [7, 11) is 0. The van der Waals surface area contributed by atoms with Gasteiger partial charge in [-0.1, -0.05) is 13.5 Å². The van der Waals surface area contributed by atoms with Crippen LogP contribution in [0.1, 0.15) is 26.7 Å². The van der Waals surface area contributed by atoms with Crippen LogP contribution < -0.4 is 5.32 Å². The lowest BCUT2D eigenvalue weighted by Gasteiger charge is -2.11. The average molecular weight is 243 g/mol. The van der Waals surface area contributed by atoms with Gasteiger partial charge in [-0.25, -0.2) is 0 Å². The maximum atomic E-state index is 9.59. The Morgan fingerprint density at radius 2 is 2.29 bits per heavy atom. The third-order valence-corrected chi connectivity index (χ3v) is 2.10. The van der Waals surface area contributed by atoms with E-state index in [-0.39, 0.29) is 6.10 Å². The summed E-state index contributed by atoms with van der Waals surface area (Å²) in [6.07, 6.45) is 4.36. The average Bonchev–Trinajstić information content (AvgIpc) is 2.32. The molecule has 4 heteroatoms. The molecule has 0 fully saturated rings. The Hall–Kier alpha value is -0.840. The second kappa shape index (κ2) is 11.6. The first-order valence-electron chi connectivity index (χ1n) is 6.09. The van der Waals surface area contributed by atoms with E-state index in [0.29, 0.717) is 26.2 Å². The second-order valence-corrected chi connectivity index (χ2v) is 3.97. The minimum atomic E-state index is -0.338. The zero-order chi connectivity index (χ0) is 12.9. The van der Waals surface area contributed by atoms with Gasteiger partial charge in [0.05, 0.1) is 25.2 Å². The minimum absolute atomic E-state index is 0.338. The summed E-state index contributed by atoms with van der Waals surface area (Å²) in [4.78, 5) is 0. The lowest BCUT2D eigenvalue weighted by molar-refractivity contribution is 0.0915. The number of rotatable bonds is 11. The zero-order valence-electron chi connectivity index (χ0n) is 10.9. The molecule has 0 aliphatic carbocycles. The van der Waals surface area contributed by atoms with Gasteiger partial charge in [0, 0.05) is 13.2 Å². The molecule has 0 heterocycles. The molecular formula is C13H25NO3. The van der Waals surface area contributed by atoms with Crippen LogP contribution in [0.3, 0.4) is 0 Å². The fourth-order valence-corrected chi connectivity index (χ4v) is 1.20. The van der Waals surface area contributed by atoms with Gasteiger partial charge in [0.15, 0.2) is 0 Å². The van der Waals surface area contributed by atoms with Crippen molar-refractivity contribution in [3.63, 3.8) is 0 Å². The molecule has 0 aliphatic rings. The van der Waals surface area contributed by atoms with Crippen LogP contribution in [0.5, 0.6) is 0 Å². The van der Waals surface area contributed by atoms with E-state index in [9.17, 15) is 5.11 Å². The molecule has 0 aromatic carbocycles. The number of aliphatic hydroxyl groups is 1. The van der Waals surface area contributed by atoms with Gasteiger partial charge in [0.2, 0.25) is 0 Å². The predicted octanol–water partition coefficient (Wildman–Crippen LogP) is 1.82. The van der Waals surface area contributed by atoms with Gasteiger partial charge in [-0.2, -0.15) is 0 Å². The van der Waals surface area contributed by atoms with Crippen molar-refractivity contribution < 1.29 is 14.6 Å². The van der Waals surface area contributed by atoms with Crippen molar-refractivity contribution in [2.75, 3.05) is 26.3 Å². The van der Waals surface area contributed by atoms with Crippen molar-refractivity contribution in [3.8, 4) is 0 Å². The van der Waals surface area contributed by atoms with Gasteiger partial charge in [-0.05, 0) is 31.9 Å². The van der Waals surface area contributed by atoms with Crippen molar-refractivity contribution >= 4 is 0 Å². The van der Waals surface area contributed by atoms with Crippen molar-refractivity contribution in [1.29, 1.82) is 0 Å². The molecule has 0 amide bonds. The van der Waals surface area contributed by atoms with Gasteiger partial charge in [-0.3, -0.25) is 0 Å². The summed E-state index contributed by atoms with van der Waals surface area (Å²) in [5.41, 5.74) is 0.989. The summed E-state index contributed by atoms with van der Waals surface area (Å²) in [6, 6.07) is 0. The molecule has 1 unspecified atom stereocenters. The third-order valence-electron chi connectivity index (χ3n) is 2.10. The molecule has 0 rings (SSSR count). The quantitative estimate of drug-likeness (QED) is 0.429. The summed E-state index contributed by atoms with van der Waals surface area (Å²) in [5, 5.41) is 12.8. The second-order valence-electron chi connectivity index (χ2n) is 3.97. The third kappa shape index (κ3) is 11.4. The molecule has 0 aromatic heterocycles. The first-order chi connectivity index (χ1) is 8.20. The largest absolute Gasteiger partial charge is 0.473 e. The SMILES string of the molecule is C=CO/C=C(\C)COCCC(O)CNCCC. The molecule has 1 atom stereocenters. The first-order valence-corrected chi connectivity index (χ1v) is 6.09. The van der Waals surface area contributed by atoms with Crippen molar-refractivity contribution in [1.82, 2.24) is 5.32 Å². The normalized spacial score (nSPS) is 13.5. The summed E-state index contributed by atoms with van der Waals surface area (Å²) in [5.74, 6) is 0. The van der Waals surface area contributed by atoms with Crippen LogP contribution in [0, 0.1) is 0 Å². The molecule has 4 nitrogen and oxygen atoms in total. The van der Waals surface area contributed by atoms with Gasteiger partial charge >= 0.3 is 0 Å². The molecule has 0 saturated heterocycles. The maximum absolute atomic E-state index is 9.59. The Kier molecular flexibility index (Phi) is 11.1. The maximum Gasteiger partial charge on any atom is 0.0913 e. The van der Waals surface area contributed by atoms with E-state index in [2.05, 4.69) is 18.8 Å². The smallest absolute Gasteiger partial charge is 0.0913 e. The molecule has 0 spiro atoms. The highest BCUT2D eigenvalue weighted by molar-refractivity contribution is 4.93. The summed E-state index contributed by atoms with van der Waals surface area (Å²) in [6.45, 7) is 10.1. The Balaban J connectivity index is 3.40. The molecule has 0 aromatic rings. The van der Waals surface area contributed by atoms with Gasteiger partial charge < -0.3 is 19.9 Å². The van der Waals surface area contributed by atoms with Crippen LogP contribution in [0.25, 0.3) is 0 Å². The highest BCUT2D eigenvalue weighted by Crippen LogP contribution is 1.97. The van der Waals surface area contributed by atoms with Crippen molar-refractivity contribution in [2.45, 2.75) is 32.8 Å². The molecule has 2 N–H and O–H groups in total. The van der Waals surface area contributed by atoms with E-state index < -0.39 is 0 Å². The van der Waals surface area contributed by atoms with E-state index in [1.807, 2.05) is 6.92 Å². The Morgan fingerprint density at radius 1 is 1.53 bits per heavy atom. The molecule has 0 aliphatic heterocycles. The van der Waals surface area contributed by atoms with E-state index in [1.54, 1.807) is 6.26 Å². The zero-order valence-corrected chi connectivity index (χ0v) is 10.9. The van der Waals surface area contributed by atoms with Gasteiger partial charge in [0.1, 0.15) is 0 Å².